The van der Waals surface area contributed by atoms with Gasteiger partial charge in [0.05, 0.1) is 30.1 Å². The number of nitriles is 1. The average Bonchev–Trinajstić information content (AvgIpc) is 3.82. The lowest BCUT2D eigenvalue weighted by atomic mass is 10.0. The maximum atomic E-state index is 10.6. The molecule has 4 aromatic rings. The van der Waals surface area contributed by atoms with Gasteiger partial charge in [-0.05, 0) is 24.6 Å². The Bertz CT molecular complexity index is 1740. The minimum atomic E-state index is -5.08. The summed E-state index contributed by atoms with van der Waals surface area (Å²) in [5, 5.41) is 32.6. The standard InChI is InChI=1S/C25H26N8O.2C2HF3O2/c1-30-15-21(14-28-30)19-10-23(25-20(11-26)13-29-33(25)16-19)18-2-3-24(27-12-18)32-7-5-31(6-8-32)22-4-9-34-17-22;2*3-2(4,5)1(6)7/h2-3,10,12-16,22H,4-9,17H2,1H3;2*(H,6,7). The summed E-state index contributed by atoms with van der Waals surface area (Å²) in [6, 6.07) is 9.11. The van der Waals surface area contributed by atoms with Crippen LogP contribution in [0.25, 0.3) is 27.8 Å². The van der Waals surface area contributed by atoms with E-state index in [0.717, 1.165) is 79.4 Å². The number of aromatic nitrogens is 5. The summed E-state index contributed by atoms with van der Waals surface area (Å²) in [6.45, 7) is 5.74. The van der Waals surface area contributed by atoms with E-state index in [1.54, 1.807) is 15.4 Å². The number of halogens is 6. The van der Waals surface area contributed by atoms with Gasteiger partial charge in [-0.25, -0.2) is 19.1 Å². The van der Waals surface area contributed by atoms with Crippen molar-refractivity contribution in [2.45, 2.75) is 24.8 Å². The molecule has 0 amide bonds. The fourth-order valence-electron chi connectivity index (χ4n) is 5.01. The van der Waals surface area contributed by atoms with E-state index in [0.29, 0.717) is 11.6 Å². The van der Waals surface area contributed by atoms with Crippen molar-refractivity contribution in [3.63, 3.8) is 0 Å². The molecule has 6 rings (SSSR count). The number of pyridine rings is 2. The van der Waals surface area contributed by atoms with Crippen molar-refractivity contribution < 1.29 is 50.9 Å². The highest BCUT2D eigenvalue weighted by molar-refractivity contribution is 5.87. The van der Waals surface area contributed by atoms with Crippen LogP contribution >= 0.6 is 0 Å². The minimum Gasteiger partial charge on any atom is -0.475 e. The van der Waals surface area contributed by atoms with Crippen LogP contribution in [0.2, 0.25) is 0 Å². The van der Waals surface area contributed by atoms with Crippen LogP contribution < -0.4 is 4.90 Å². The quantitative estimate of drug-likeness (QED) is 0.301. The van der Waals surface area contributed by atoms with Crippen molar-refractivity contribution in [1.82, 2.24) is 29.3 Å². The summed E-state index contributed by atoms with van der Waals surface area (Å²) < 4.78 is 72.6. The van der Waals surface area contributed by atoms with E-state index in [9.17, 15) is 31.6 Å². The largest absolute Gasteiger partial charge is 0.490 e. The number of carboxylic acid groups (broad SMARTS) is 2. The van der Waals surface area contributed by atoms with Crippen LogP contribution in [-0.2, 0) is 21.4 Å². The maximum absolute atomic E-state index is 10.6. The number of alkyl halides is 6. The number of aryl methyl sites for hydroxylation is 1. The second-order valence-corrected chi connectivity index (χ2v) is 10.6. The van der Waals surface area contributed by atoms with Crippen LogP contribution in [-0.4, -0.2) is 109 Å². The molecule has 0 bridgehead atoms. The van der Waals surface area contributed by atoms with Gasteiger partial charge < -0.3 is 19.8 Å². The van der Waals surface area contributed by atoms with E-state index < -0.39 is 24.3 Å². The molecule has 1 atom stereocenters. The summed E-state index contributed by atoms with van der Waals surface area (Å²) in [6.07, 6.45) is 0.231. The number of carboxylic acids is 2. The first-order chi connectivity index (χ1) is 22.6. The number of hydrogen-bond donors (Lipinski definition) is 2. The highest BCUT2D eigenvalue weighted by Crippen LogP contribution is 2.32. The lowest BCUT2D eigenvalue weighted by Crippen LogP contribution is -2.50. The maximum Gasteiger partial charge on any atom is 0.490 e. The van der Waals surface area contributed by atoms with Crippen LogP contribution in [0.1, 0.15) is 12.0 Å². The number of carbonyl (C=O) groups is 2. The molecule has 1 unspecified atom stereocenters. The molecule has 48 heavy (non-hydrogen) atoms. The number of hydrogen-bond acceptors (Lipinski definition) is 9. The van der Waals surface area contributed by atoms with Crippen LogP contribution in [0.4, 0.5) is 32.2 Å². The molecule has 4 aromatic heterocycles. The lowest BCUT2D eigenvalue weighted by Gasteiger charge is -2.38. The lowest BCUT2D eigenvalue weighted by molar-refractivity contribution is -0.193. The number of piperazine rings is 1. The molecule has 13 nitrogen and oxygen atoms in total. The molecule has 0 aromatic carbocycles. The van der Waals surface area contributed by atoms with Crippen LogP contribution in [0.5, 0.6) is 0 Å². The van der Waals surface area contributed by atoms with Gasteiger partial charge in [0.25, 0.3) is 0 Å². The smallest absolute Gasteiger partial charge is 0.475 e. The van der Waals surface area contributed by atoms with E-state index in [4.69, 9.17) is 29.5 Å². The molecule has 256 valence electrons. The van der Waals surface area contributed by atoms with E-state index in [1.807, 2.05) is 31.8 Å². The second kappa shape index (κ2) is 14.7. The predicted molar refractivity (Wildman–Crippen MR) is 156 cm³/mol. The van der Waals surface area contributed by atoms with Gasteiger partial charge >= 0.3 is 24.3 Å². The number of ether oxygens (including phenoxy) is 1. The van der Waals surface area contributed by atoms with Crippen LogP contribution in [0.3, 0.4) is 0 Å². The number of fused-ring (bicyclic) bond motifs is 1. The number of nitrogens with zero attached hydrogens (tertiary/aromatic N) is 8. The molecule has 2 fully saturated rings. The van der Waals surface area contributed by atoms with Crippen LogP contribution in [0.15, 0.2) is 49.2 Å². The first-order valence-electron chi connectivity index (χ1n) is 14.1. The number of anilines is 1. The Morgan fingerprint density at radius 2 is 1.56 bits per heavy atom. The topological polar surface area (TPSA) is 162 Å². The van der Waals surface area contributed by atoms with Gasteiger partial charge in [0, 0.05) is 86.7 Å². The summed E-state index contributed by atoms with van der Waals surface area (Å²) in [5.41, 5.74) is 5.20. The molecule has 6 heterocycles. The Morgan fingerprint density at radius 1 is 0.917 bits per heavy atom. The Kier molecular flexibility index (Phi) is 10.9. The first kappa shape index (κ1) is 35.6. The fourth-order valence-corrected chi connectivity index (χ4v) is 5.01. The minimum absolute atomic E-state index is 0.545. The van der Waals surface area contributed by atoms with Crippen molar-refractivity contribution in [2.75, 3.05) is 44.3 Å². The van der Waals surface area contributed by atoms with Crippen molar-refractivity contribution in [3.8, 4) is 28.3 Å². The van der Waals surface area contributed by atoms with E-state index >= 15 is 0 Å². The summed E-state index contributed by atoms with van der Waals surface area (Å²) in [4.78, 5) is 27.5. The third-order valence-electron chi connectivity index (χ3n) is 7.37. The van der Waals surface area contributed by atoms with Crippen molar-refractivity contribution >= 4 is 23.3 Å². The highest BCUT2D eigenvalue weighted by atomic mass is 19.4. The van der Waals surface area contributed by atoms with Crippen molar-refractivity contribution in [2.24, 2.45) is 7.05 Å². The van der Waals surface area contributed by atoms with E-state index in [2.05, 4.69) is 44.3 Å². The first-order valence-corrected chi connectivity index (χ1v) is 14.1. The molecule has 2 aliphatic heterocycles. The Labute approximate surface area is 268 Å². The Morgan fingerprint density at radius 3 is 2.04 bits per heavy atom. The third-order valence-corrected chi connectivity index (χ3v) is 7.37. The molecule has 0 saturated carbocycles. The molecular formula is C29H28F6N8O5. The molecule has 19 heteroatoms. The van der Waals surface area contributed by atoms with Gasteiger partial charge in [0.2, 0.25) is 0 Å². The van der Waals surface area contributed by atoms with Gasteiger partial charge in [0.1, 0.15) is 11.9 Å². The van der Waals surface area contributed by atoms with Gasteiger partial charge in [-0.3, -0.25) is 9.58 Å². The summed E-state index contributed by atoms with van der Waals surface area (Å²) in [5.74, 6) is -4.53. The molecule has 2 aliphatic rings. The SMILES string of the molecule is Cn1cc(-c2cc(-c3ccc(N4CCN(C5CCOC5)CC4)nc3)c3c(C#N)cnn3c2)cn1.O=C(O)C(F)(F)F.O=C(O)C(F)(F)F. The zero-order valence-electron chi connectivity index (χ0n) is 25.1. The predicted octanol–water partition coefficient (Wildman–Crippen LogP) is 3.85. The van der Waals surface area contributed by atoms with Crippen molar-refractivity contribution in [3.05, 3.63) is 54.7 Å². The van der Waals surface area contributed by atoms with Gasteiger partial charge in [0.15, 0.2) is 0 Å². The molecule has 2 saturated heterocycles. The molecule has 2 N–H and O–H groups in total. The van der Waals surface area contributed by atoms with Gasteiger partial charge in [-0.1, -0.05) is 0 Å². The zero-order chi connectivity index (χ0) is 35.2. The molecular weight excluding hydrogens is 654 g/mol. The number of aliphatic carboxylic acids is 2. The van der Waals surface area contributed by atoms with Gasteiger partial charge in [-0.2, -0.15) is 41.8 Å². The average molecular weight is 683 g/mol. The second-order valence-electron chi connectivity index (χ2n) is 10.6. The molecule has 0 aliphatic carbocycles. The summed E-state index contributed by atoms with van der Waals surface area (Å²) in [7, 11) is 1.90. The van der Waals surface area contributed by atoms with Gasteiger partial charge in [-0.15, -0.1) is 0 Å². The Hall–Kier alpha value is -5.22. The van der Waals surface area contributed by atoms with E-state index in [1.165, 1.54) is 0 Å². The normalized spacial score (nSPS) is 16.8. The highest BCUT2D eigenvalue weighted by Gasteiger charge is 2.39. The van der Waals surface area contributed by atoms with Crippen LogP contribution in [0, 0.1) is 11.3 Å². The fraction of sp³-hybridized carbons (Fsp3) is 0.379. The monoisotopic (exact) mass is 682 g/mol. The summed E-state index contributed by atoms with van der Waals surface area (Å²) >= 11 is 0. The molecule has 0 spiro atoms. The van der Waals surface area contributed by atoms with Crippen molar-refractivity contribution in [1.29, 1.82) is 5.26 Å². The number of rotatable bonds is 4. The molecule has 0 radical (unpaired) electrons. The Balaban J connectivity index is 0.000000314. The third kappa shape index (κ3) is 8.77. The van der Waals surface area contributed by atoms with E-state index in [-0.39, 0.29) is 0 Å². The zero-order valence-corrected chi connectivity index (χ0v) is 25.1.